The first-order valence-corrected chi connectivity index (χ1v) is 11.3. The first-order valence-electron chi connectivity index (χ1n) is 9.48. The monoisotopic (exact) mass is 383 g/mol. The summed E-state index contributed by atoms with van der Waals surface area (Å²) in [7, 11) is -3.22. The molecule has 1 unspecified atom stereocenters. The predicted octanol–water partition coefficient (Wildman–Crippen LogP) is 3.74. The second-order valence-corrected chi connectivity index (χ2v) is 12.8. The average molecular weight is 384 g/mol. The molecule has 0 spiro atoms. The number of fused-ring (bicyclic) bond motifs is 1. The van der Waals surface area contributed by atoms with Gasteiger partial charge in [0.25, 0.3) is 0 Å². The molecule has 0 aromatic heterocycles. The van der Waals surface area contributed by atoms with Crippen LogP contribution in [-0.4, -0.2) is 55.4 Å². The van der Waals surface area contributed by atoms with Crippen LogP contribution in [0.15, 0.2) is 16.3 Å². The molecule has 2 heterocycles. The second-order valence-electron chi connectivity index (χ2n) is 10.8. The van der Waals surface area contributed by atoms with Crippen LogP contribution in [0.5, 0.6) is 0 Å². The van der Waals surface area contributed by atoms with Crippen molar-refractivity contribution in [1.82, 2.24) is 9.21 Å². The Kier molecular flexibility index (Phi) is 5.22. The highest BCUT2D eigenvalue weighted by atomic mass is 32.2. The summed E-state index contributed by atoms with van der Waals surface area (Å²) >= 11 is 0. The largest absolute Gasteiger partial charge is 0.331 e. The summed E-state index contributed by atoms with van der Waals surface area (Å²) in [5, 5.41) is 0. The van der Waals surface area contributed by atoms with Crippen molar-refractivity contribution < 1.29 is 8.42 Å². The van der Waals surface area contributed by atoms with Gasteiger partial charge < -0.3 is 4.90 Å². The molecule has 2 aliphatic rings. The van der Waals surface area contributed by atoms with Gasteiger partial charge in [0.1, 0.15) is 5.84 Å². The Morgan fingerprint density at radius 2 is 1.46 bits per heavy atom. The van der Waals surface area contributed by atoms with Gasteiger partial charge in [0.15, 0.2) is 0 Å². The lowest BCUT2D eigenvalue weighted by Crippen LogP contribution is -2.56. The van der Waals surface area contributed by atoms with Gasteiger partial charge in [-0.3, -0.25) is 4.99 Å². The molecule has 0 radical (unpaired) electrons. The molecule has 2 aliphatic heterocycles. The standard InChI is InChI=1S/C20H37N3O2S/c1-18(2,3)15-14-13-22(26(10,24)25)11-12-23(14)17(20(7,8)9)21-16(15)19(4,5)6/h16H,11-13H2,1-10H3. The fraction of sp³-hybridized carbons (Fsp3) is 0.850. The molecule has 0 bridgehead atoms. The summed E-state index contributed by atoms with van der Waals surface area (Å²) < 4.78 is 26.1. The molecule has 26 heavy (non-hydrogen) atoms. The van der Waals surface area contributed by atoms with Crippen LogP contribution < -0.4 is 0 Å². The number of hydrogen-bond donors (Lipinski definition) is 0. The molecule has 1 fully saturated rings. The lowest BCUT2D eigenvalue weighted by molar-refractivity contribution is 0.242. The van der Waals surface area contributed by atoms with Crippen molar-refractivity contribution in [3.8, 4) is 0 Å². The maximum atomic E-state index is 12.2. The summed E-state index contributed by atoms with van der Waals surface area (Å²) in [6.45, 7) is 21.5. The molecule has 0 saturated carbocycles. The SMILES string of the molecule is CC(C)(C)C1=NC(C(C)(C)C)C(C(C)(C)C)=C2CN(S(C)(=O)=O)CCN12. The van der Waals surface area contributed by atoms with Crippen molar-refractivity contribution in [2.45, 2.75) is 68.4 Å². The molecule has 5 nitrogen and oxygen atoms in total. The molecule has 1 saturated heterocycles. The van der Waals surface area contributed by atoms with E-state index in [0.717, 1.165) is 11.5 Å². The Morgan fingerprint density at radius 3 is 1.85 bits per heavy atom. The number of aliphatic imine (C=N–C) groups is 1. The summed E-state index contributed by atoms with van der Waals surface area (Å²) in [4.78, 5) is 7.56. The van der Waals surface area contributed by atoms with E-state index in [1.807, 2.05) is 0 Å². The molecule has 6 heteroatoms. The molecule has 0 amide bonds. The smallest absolute Gasteiger partial charge is 0.211 e. The molecule has 0 N–H and O–H groups in total. The number of rotatable bonds is 1. The lowest BCUT2D eigenvalue weighted by Gasteiger charge is -2.50. The Hall–Kier alpha value is -0.880. The first-order chi connectivity index (χ1) is 11.4. The molecule has 2 rings (SSSR count). The minimum Gasteiger partial charge on any atom is -0.331 e. The third kappa shape index (κ3) is 4.16. The Morgan fingerprint density at radius 1 is 0.923 bits per heavy atom. The highest BCUT2D eigenvalue weighted by Crippen LogP contribution is 2.45. The van der Waals surface area contributed by atoms with E-state index in [4.69, 9.17) is 4.99 Å². The second kappa shape index (κ2) is 6.33. The molecular weight excluding hydrogens is 346 g/mol. The summed E-state index contributed by atoms with van der Waals surface area (Å²) in [6, 6.07) is 0.0440. The van der Waals surface area contributed by atoms with Crippen LogP contribution >= 0.6 is 0 Å². The number of nitrogens with zero attached hydrogens (tertiary/aromatic N) is 3. The maximum Gasteiger partial charge on any atom is 0.211 e. The fourth-order valence-corrected chi connectivity index (χ4v) is 4.68. The Balaban J connectivity index is 2.72. The zero-order valence-corrected chi connectivity index (χ0v) is 19.1. The lowest BCUT2D eigenvalue weighted by atomic mass is 9.70. The minimum atomic E-state index is -3.22. The van der Waals surface area contributed by atoms with Crippen LogP contribution in [0.3, 0.4) is 0 Å². The first kappa shape index (κ1) is 21.4. The number of sulfonamides is 1. The van der Waals surface area contributed by atoms with E-state index in [9.17, 15) is 8.42 Å². The third-order valence-corrected chi connectivity index (χ3v) is 6.33. The number of piperazine rings is 1. The summed E-state index contributed by atoms with van der Waals surface area (Å²) in [5.74, 6) is 1.08. The quantitative estimate of drug-likeness (QED) is 0.693. The van der Waals surface area contributed by atoms with E-state index in [1.54, 1.807) is 4.31 Å². The molecule has 0 aromatic rings. The van der Waals surface area contributed by atoms with E-state index in [2.05, 4.69) is 67.2 Å². The number of hydrogen-bond acceptors (Lipinski definition) is 4. The normalized spacial score (nSPS) is 23.8. The van der Waals surface area contributed by atoms with Crippen LogP contribution in [0.25, 0.3) is 0 Å². The summed E-state index contributed by atoms with van der Waals surface area (Å²) in [5.41, 5.74) is 2.19. The molecule has 1 atom stereocenters. The van der Waals surface area contributed by atoms with Crippen molar-refractivity contribution in [1.29, 1.82) is 0 Å². The van der Waals surface area contributed by atoms with Crippen LogP contribution in [0.1, 0.15) is 62.3 Å². The van der Waals surface area contributed by atoms with Crippen LogP contribution in [0, 0.1) is 16.2 Å². The fourth-order valence-electron chi connectivity index (χ4n) is 3.91. The van der Waals surface area contributed by atoms with Gasteiger partial charge in [-0.25, -0.2) is 8.42 Å². The van der Waals surface area contributed by atoms with Crippen molar-refractivity contribution in [3.63, 3.8) is 0 Å². The van der Waals surface area contributed by atoms with Gasteiger partial charge in [0.05, 0.1) is 18.8 Å². The molecule has 0 aliphatic carbocycles. The highest BCUT2D eigenvalue weighted by molar-refractivity contribution is 7.88. The number of amidine groups is 1. The molecule has 150 valence electrons. The zero-order valence-electron chi connectivity index (χ0n) is 18.3. The minimum absolute atomic E-state index is 0.0361. The van der Waals surface area contributed by atoms with Crippen LogP contribution in [0.2, 0.25) is 0 Å². The summed E-state index contributed by atoms with van der Waals surface area (Å²) in [6.07, 6.45) is 1.31. The van der Waals surface area contributed by atoms with Crippen molar-refractivity contribution in [3.05, 3.63) is 11.3 Å². The van der Waals surface area contributed by atoms with E-state index in [0.29, 0.717) is 19.6 Å². The maximum absolute atomic E-state index is 12.2. The van der Waals surface area contributed by atoms with Gasteiger partial charge in [-0.05, 0) is 16.4 Å². The topological polar surface area (TPSA) is 53.0 Å². The van der Waals surface area contributed by atoms with Crippen molar-refractivity contribution in [2.75, 3.05) is 25.9 Å². The van der Waals surface area contributed by atoms with E-state index >= 15 is 0 Å². The van der Waals surface area contributed by atoms with Gasteiger partial charge >= 0.3 is 0 Å². The van der Waals surface area contributed by atoms with Crippen LogP contribution in [0.4, 0.5) is 0 Å². The average Bonchev–Trinajstić information content (AvgIpc) is 2.40. The van der Waals surface area contributed by atoms with Crippen molar-refractivity contribution >= 4 is 15.9 Å². The molecular formula is C20H37N3O2S. The highest BCUT2D eigenvalue weighted by Gasteiger charge is 2.45. The molecule has 0 aromatic carbocycles. The zero-order chi connectivity index (χ0) is 20.3. The van der Waals surface area contributed by atoms with Crippen LogP contribution in [-0.2, 0) is 10.0 Å². The van der Waals surface area contributed by atoms with E-state index < -0.39 is 10.0 Å². The van der Waals surface area contributed by atoms with E-state index in [1.165, 1.54) is 11.8 Å². The Bertz CT molecular complexity index is 728. The van der Waals surface area contributed by atoms with Gasteiger partial charge in [0.2, 0.25) is 10.0 Å². The van der Waals surface area contributed by atoms with Gasteiger partial charge in [0, 0.05) is 24.2 Å². The van der Waals surface area contributed by atoms with Gasteiger partial charge in [-0.2, -0.15) is 4.31 Å². The third-order valence-electron chi connectivity index (χ3n) is 5.08. The van der Waals surface area contributed by atoms with Gasteiger partial charge in [-0.1, -0.05) is 62.3 Å². The van der Waals surface area contributed by atoms with Gasteiger partial charge in [-0.15, -0.1) is 0 Å². The Labute approximate surface area is 160 Å². The van der Waals surface area contributed by atoms with E-state index in [-0.39, 0.29) is 22.3 Å². The van der Waals surface area contributed by atoms with Crippen molar-refractivity contribution in [2.24, 2.45) is 21.2 Å². The predicted molar refractivity (Wildman–Crippen MR) is 110 cm³/mol.